The Kier molecular flexibility index (Phi) is 7.26. The van der Waals surface area contributed by atoms with Gasteiger partial charge in [0.1, 0.15) is 17.9 Å². The van der Waals surface area contributed by atoms with Gasteiger partial charge in [0.2, 0.25) is 0 Å². The van der Waals surface area contributed by atoms with Crippen molar-refractivity contribution < 1.29 is 19.4 Å². The molecule has 0 radical (unpaired) electrons. The lowest BCUT2D eigenvalue weighted by molar-refractivity contribution is -0.117. The second-order valence-electron chi connectivity index (χ2n) is 6.95. The second-order valence-corrected chi connectivity index (χ2v) is 8.45. The van der Waals surface area contributed by atoms with Crippen molar-refractivity contribution in [2.24, 2.45) is 0 Å². The van der Waals surface area contributed by atoms with Gasteiger partial charge in [0.05, 0.1) is 22.3 Å². The quantitative estimate of drug-likeness (QED) is 0.489. The molecule has 3 aromatic rings. The maximum atomic E-state index is 11.9. The van der Waals surface area contributed by atoms with Crippen LogP contribution in [0.25, 0.3) is 10.9 Å². The van der Waals surface area contributed by atoms with Gasteiger partial charge in [-0.3, -0.25) is 9.78 Å². The maximum absolute atomic E-state index is 11.9. The number of fused-ring (bicyclic) bond motifs is 2. The molecule has 0 bridgehead atoms. The SMILES string of the molecule is CC1COc2ccccc2N1C(=O)C(Cl)Cl.Cc1cnc2c(C(=O)O)c(Cl)ccc2c1. The Morgan fingerprint density at radius 2 is 1.94 bits per heavy atom. The third-order valence-electron chi connectivity index (χ3n) is 4.62. The molecule has 1 atom stereocenters. The molecule has 0 saturated carbocycles. The fourth-order valence-electron chi connectivity index (χ4n) is 3.23. The number of alkyl halides is 2. The molecule has 1 aromatic heterocycles. The number of aromatic carboxylic acids is 1. The number of benzene rings is 2. The normalized spacial score (nSPS) is 15.0. The van der Waals surface area contributed by atoms with Crippen LogP contribution in [0.1, 0.15) is 22.8 Å². The van der Waals surface area contributed by atoms with Crippen molar-refractivity contribution in [3.05, 3.63) is 64.8 Å². The largest absolute Gasteiger partial charge is 0.489 e. The van der Waals surface area contributed by atoms with Crippen molar-refractivity contribution in [1.82, 2.24) is 4.98 Å². The van der Waals surface area contributed by atoms with Crippen molar-refractivity contribution >= 4 is 63.3 Å². The van der Waals surface area contributed by atoms with E-state index < -0.39 is 10.8 Å². The van der Waals surface area contributed by atoms with E-state index in [1.807, 2.05) is 44.2 Å². The molecular formula is C22H19Cl3N2O4. The van der Waals surface area contributed by atoms with Crippen LogP contribution in [0.15, 0.2) is 48.7 Å². The Labute approximate surface area is 194 Å². The van der Waals surface area contributed by atoms with Crippen LogP contribution in [-0.4, -0.2) is 39.5 Å². The van der Waals surface area contributed by atoms with Crippen LogP contribution in [0.5, 0.6) is 5.75 Å². The molecular weight excluding hydrogens is 463 g/mol. The highest BCUT2D eigenvalue weighted by Crippen LogP contribution is 2.34. The van der Waals surface area contributed by atoms with Crippen LogP contribution >= 0.6 is 34.8 Å². The minimum absolute atomic E-state index is 0.0640. The van der Waals surface area contributed by atoms with Crippen LogP contribution in [0.3, 0.4) is 0 Å². The monoisotopic (exact) mass is 480 g/mol. The zero-order chi connectivity index (χ0) is 22.7. The number of hydrogen-bond acceptors (Lipinski definition) is 4. The number of para-hydroxylation sites is 2. The van der Waals surface area contributed by atoms with Crippen molar-refractivity contribution in [3.63, 3.8) is 0 Å². The molecule has 1 amide bonds. The maximum Gasteiger partial charge on any atom is 0.339 e. The number of amides is 1. The third-order valence-corrected chi connectivity index (χ3v) is 5.31. The Morgan fingerprint density at radius 1 is 1.23 bits per heavy atom. The highest BCUT2D eigenvalue weighted by Gasteiger charge is 2.31. The summed E-state index contributed by atoms with van der Waals surface area (Å²) in [6, 6.07) is 12.5. The van der Waals surface area contributed by atoms with Crippen LogP contribution in [0.4, 0.5) is 5.69 Å². The average molecular weight is 482 g/mol. The standard InChI is InChI=1S/C11H11Cl2NO2.C11H8ClNO2/c1-7-6-16-9-5-3-2-4-8(9)14(7)11(15)10(12)13;1-6-4-7-2-3-8(12)9(11(14)15)10(7)13-5-6/h2-5,7,10H,6H2,1H3;2-5H,1H3,(H,14,15). The molecule has 1 unspecified atom stereocenters. The molecule has 2 heterocycles. The van der Waals surface area contributed by atoms with E-state index in [1.54, 1.807) is 23.2 Å². The van der Waals surface area contributed by atoms with Gasteiger partial charge < -0.3 is 14.7 Å². The van der Waals surface area contributed by atoms with Crippen LogP contribution in [0, 0.1) is 6.92 Å². The first-order valence-electron chi connectivity index (χ1n) is 9.32. The molecule has 4 rings (SSSR count). The predicted molar refractivity (Wildman–Crippen MR) is 123 cm³/mol. The fraction of sp³-hybridized carbons (Fsp3) is 0.227. The third kappa shape index (κ3) is 5.03. The zero-order valence-electron chi connectivity index (χ0n) is 16.7. The number of pyridine rings is 1. The van der Waals surface area contributed by atoms with Gasteiger partial charge in [-0.05, 0) is 43.7 Å². The van der Waals surface area contributed by atoms with E-state index in [0.717, 1.165) is 16.6 Å². The molecule has 162 valence electrons. The first-order chi connectivity index (χ1) is 14.7. The molecule has 6 nitrogen and oxygen atoms in total. The average Bonchev–Trinajstić information content (AvgIpc) is 2.73. The van der Waals surface area contributed by atoms with Crippen molar-refractivity contribution in [1.29, 1.82) is 0 Å². The molecule has 1 aliphatic rings. The molecule has 1 N–H and O–H groups in total. The number of carboxylic acids is 1. The molecule has 1 aliphatic heterocycles. The number of ether oxygens (including phenoxy) is 1. The van der Waals surface area contributed by atoms with Gasteiger partial charge in [-0.15, -0.1) is 0 Å². The number of nitrogens with zero attached hydrogens (tertiary/aromatic N) is 2. The van der Waals surface area contributed by atoms with Crippen LogP contribution < -0.4 is 9.64 Å². The van der Waals surface area contributed by atoms with Gasteiger partial charge in [0.15, 0.2) is 4.84 Å². The molecule has 0 saturated heterocycles. The van der Waals surface area contributed by atoms with Crippen LogP contribution in [0.2, 0.25) is 5.02 Å². The Morgan fingerprint density at radius 3 is 2.61 bits per heavy atom. The summed E-state index contributed by atoms with van der Waals surface area (Å²) in [4.78, 5) is 27.5. The number of rotatable bonds is 2. The van der Waals surface area contributed by atoms with Crippen molar-refractivity contribution in [2.75, 3.05) is 11.5 Å². The molecule has 0 aliphatic carbocycles. The lowest BCUT2D eigenvalue weighted by Crippen LogP contribution is -2.47. The zero-order valence-corrected chi connectivity index (χ0v) is 18.9. The molecule has 0 spiro atoms. The second kappa shape index (κ2) is 9.73. The van der Waals surface area contributed by atoms with E-state index in [0.29, 0.717) is 17.9 Å². The summed E-state index contributed by atoms with van der Waals surface area (Å²) >= 11 is 17.1. The highest BCUT2D eigenvalue weighted by molar-refractivity contribution is 6.54. The number of hydrogen-bond donors (Lipinski definition) is 1. The van der Waals surface area contributed by atoms with Crippen LogP contribution in [-0.2, 0) is 4.79 Å². The first-order valence-corrected chi connectivity index (χ1v) is 10.6. The van der Waals surface area contributed by atoms with E-state index in [9.17, 15) is 9.59 Å². The summed E-state index contributed by atoms with van der Waals surface area (Å²) in [5.74, 6) is -0.684. The Bertz CT molecular complexity index is 1140. The van der Waals surface area contributed by atoms with E-state index in [4.69, 9.17) is 44.6 Å². The van der Waals surface area contributed by atoms with Gasteiger partial charge in [-0.25, -0.2) is 4.79 Å². The number of aryl methyl sites for hydroxylation is 1. The number of anilines is 1. The minimum Gasteiger partial charge on any atom is -0.489 e. The molecule has 9 heteroatoms. The Hall–Kier alpha value is -2.54. The molecule has 0 fully saturated rings. The summed E-state index contributed by atoms with van der Waals surface area (Å²) in [6.45, 7) is 4.24. The van der Waals surface area contributed by atoms with Gasteiger partial charge in [0.25, 0.3) is 5.91 Å². The number of carbonyl (C=O) groups is 2. The van der Waals surface area contributed by atoms with E-state index in [2.05, 4.69) is 4.98 Å². The van der Waals surface area contributed by atoms with Gasteiger partial charge in [0, 0.05) is 11.6 Å². The van der Waals surface area contributed by atoms with Gasteiger partial charge in [-0.1, -0.05) is 53.0 Å². The summed E-state index contributed by atoms with van der Waals surface area (Å²) in [7, 11) is 0. The predicted octanol–water partition coefficient (Wildman–Crippen LogP) is 5.50. The first kappa shape index (κ1) is 23.1. The lowest BCUT2D eigenvalue weighted by Gasteiger charge is -2.35. The Balaban J connectivity index is 0.000000176. The minimum atomic E-state index is -1.05. The molecule has 31 heavy (non-hydrogen) atoms. The smallest absolute Gasteiger partial charge is 0.339 e. The van der Waals surface area contributed by atoms with Gasteiger partial charge in [-0.2, -0.15) is 0 Å². The highest BCUT2D eigenvalue weighted by atomic mass is 35.5. The van der Waals surface area contributed by atoms with E-state index in [1.165, 1.54) is 0 Å². The van der Waals surface area contributed by atoms with Crippen molar-refractivity contribution in [3.8, 4) is 5.75 Å². The summed E-state index contributed by atoms with van der Waals surface area (Å²) in [6.07, 6.45) is 1.63. The van der Waals surface area contributed by atoms with Crippen molar-refractivity contribution in [2.45, 2.75) is 24.7 Å². The fourth-order valence-corrected chi connectivity index (χ4v) is 3.68. The number of halogens is 3. The number of aromatic nitrogens is 1. The van der Waals surface area contributed by atoms with E-state index >= 15 is 0 Å². The number of carbonyl (C=O) groups excluding carboxylic acids is 1. The number of carboxylic acid groups (broad SMARTS) is 1. The van der Waals surface area contributed by atoms with E-state index in [-0.39, 0.29) is 22.5 Å². The molecule has 2 aromatic carbocycles. The summed E-state index contributed by atoms with van der Waals surface area (Å²) in [5.41, 5.74) is 2.20. The lowest BCUT2D eigenvalue weighted by atomic mass is 10.1. The summed E-state index contributed by atoms with van der Waals surface area (Å²) < 4.78 is 5.52. The topological polar surface area (TPSA) is 79.7 Å². The summed E-state index contributed by atoms with van der Waals surface area (Å²) in [5, 5.41) is 10.0. The van der Waals surface area contributed by atoms with Gasteiger partial charge >= 0.3 is 5.97 Å².